The Bertz CT molecular complexity index is 1990. The van der Waals surface area contributed by atoms with E-state index in [0.29, 0.717) is 40.9 Å². The number of β-amino-alcohol motifs (C(OH)–C–C–N with tert-alkyl or cyclic N) is 1. The van der Waals surface area contributed by atoms with Crippen LogP contribution in [0, 0.1) is 0 Å². The smallest absolute Gasteiger partial charge is 0.335 e. The Morgan fingerprint density at radius 3 is 2.24 bits per heavy atom. The second-order valence-corrected chi connectivity index (χ2v) is 13.4. The number of piperidine rings is 1. The van der Waals surface area contributed by atoms with Crippen molar-refractivity contribution in [3.05, 3.63) is 107 Å². The number of carboxylic acid groups (broad SMARTS) is 1. The topological polar surface area (TPSA) is 125 Å². The van der Waals surface area contributed by atoms with Gasteiger partial charge in [-0.05, 0) is 103 Å². The minimum Gasteiger partial charge on any atom is -0.489 e. The van der Waals surface area contributed by atoms with Crippen LogP contribution in [0.15, 0.2) is 84.9 Å². The minimum absolute atomic E-state index is 0.0758. The lowest BCUT2D eigenvalue weighted by molar-refractivity contribution is -0.0321. The van der Waals surface area contributed by atoms with E-state index in [0.717, 1.165) is 59.3 Å². The van der Waals surface area contributed by atoms with Gasteiger partial charge in [-0.2, -0.15) is 0 Å². The number of amides is 1. The first kappa shape index (κ1) is 32.8. The molecule has 9 nitrogen and oxygen atoms in total. The highest BCUT2D eigenvalue weighted by Gasteiger charge is 2.29. The Morgan fingerprint density at radius 2 is 1.53 bits per heavy atom. The molecule has 3 N–H and O–H groups in total. The largest absolute Gasteiger partial charge is 0.489 e. The maximum absolute atomic E-state index is 13.4. The van der Waals surface area contributed by atoms with E-state index in [-0.39, 0.29) is 24.6 Å². The summed E-state index contributed by atoms with van der Waals surface area (Å²) in [6, 6.07) is 26.2. The predicted molar refractivity (Wildman–Crippen MR) is 188 cm³/mol. The number of fused-ring (bicyclic) bond motifs is 1. The molecule has 0 radical (unpaired) electrons. The van der Waals surface area contributed by atoms with Gasteiger partial charge in [-0.15, -0.1) is 0 Å². The molecule has 1 amide bonds. The lowest BCUT2D eigenvalue weighted by Gasteiger charge is -2.33. The van der Waals surface area contributed by atoms with Gasteiger partial charge >= 0.3 is 5.97 Å². The number of benzene rings is 4. The van der Waals surface area contributed by atoms with Crippen LogP contribution in [0.5, 0.6) is 5.75 Å². The summed E-state index contributed by atoms with van der Waals surface area (Å²) in [4.78, 5) is 31.6. The van der Waals surface area contributed by atoms with Crippen molar-refractivity contribution in [3.63, 3.8) is 0 Å². The van der Waals surface area contributed by atoms with Gasteiger partial charge in [0, 0.05) is 35.3 Å². The summed E-state index contributed by atoms with van der Waals surface area (Å²) < 4.78 is 8.59. The van der Waals surface area contributed by atoms with E-state index in [1.54, 1.807) is 23.1 Å². The molecule has 1 saturated heterocycles. The van der Waals surface area contributed by atoms with E-state index in [9.17, 15) is 24.9 Å². The molecule has 1 saturated carbocycles. The Balaban J connectivity index is 1.16. The molecule has 2 unspecified atom stereocenters. The molecule has 2 aliphatic rings. The fourth-order valence-corrected chi connectivity index (χ4v) is 7.18. The number of rotatable bonds is 8. The van der Waals surface area contributed by atoms with Crippen LogP contribution in [0.4, 0.5) is 0 Å². The van der Waals surface area contributed by atoms with Crippen molar-refractivity contribution in [1.82, 2.24) is 14.5 Å². The molecule has 1 aliphatic carbocycles. The summed E-state index contributed by atoms with van der Waals surface area (Å²) in [6.45, 7) is 0.633. The van der Waals surface area contributed by atoms with E-state index >= 15 is 0 Å². The summed E-state index contributed by atoms with van der Waals surface area (Å²) in [5.74, 6) is 0.263. The average Bonchev–Trinajstić information content (AvgIpc) is 3.51. The Labute approximate surface area is 289 Å². The molecule has 49 heavy (non-hydrogen) atoms. The molecule has 252 valence electrons. The molecule has 5 aromatic rings. The van der Waals surface area contributed by atoms with E-state index in [2.05, 4.69) is 4.57 Å². The Morgan fingerprint density at radius 1 is 0.816 bits per heavy atom. The zero-order chi connectivity index (χ0) is 34.1. The van der Waals surface area contributed by atoms with Crippen molar-refractivity contribution >= 4 is 34.5 Å². The standard InChI is InChI=1S/C39H38ClN3O6/c40-29-12-6-24(7-13-29)32-16-10-26(38(46)42-19-18-35(44)36(45)22-42)20-28(32)23-49-31-14-8-25(9-15-31)37-41-33-21-27(39(47)48)11-17-34(33)43(37)30-4-2-1-3-5-30/h6-17,20-21,30,35-36,44-45H,1-5,18-19,22-23H2,(H,47,48). The lowest BCUT2D eigenvalue weighted by Crippen LogP contribution is -2.48. The highest BCUT2D eigenvalue weighted by molar-refractivity contribution is 6.30. The van der Waals surface area contributed by atoms with Crippen molar-refractivity contribution in [2.75, 3.05) is 13.1 Å². The number of aromatic nitrogens is 2. The maximum atomic E-state index is 13.4. The number of likely N-dealkylation sites (tertiary alicyclic amines) is 1. The van der Waals surface area contributed by atoms with Crippen molar-refractivity contribution in [3.8, 4) is 28.3 Å². The molecule has 0 bridgehead atoms. The average molecular weight is 680 g/mol. The number of hydrogen-bond donors (Lipinski definition) is 3. The first-order valence-electron chi connectivity index (χ1n) is 16.8. The SMILES string of the molecule is O=C(O)c1ccc2c(c1)nc(-c1ccc(OCc3cc(C(=O)N4CCC(O)C(O)C4)ccc3-c3ccc(Cl)cc3)cc1)n2C1CCCCC1. The van der Waals surface area contributed by atoms with Crippen LogP contribution in [-0.2, 0) is 6.61 Å². The molecule has 2 atom stereocenters. The second-order valence-electron chi connectivity index (χ2n) is 13.0. The van der Waals surface area contributed by atoms with Gasteiger partial charge in [0.2, 0.25) is 0 Å². The minimum atomic E-state index is -0.976. The zero-order valence-corrected chi connectivity index (χ0v) is 27.7. The van der Waals surface area contributed by atoms with Crippen LogP contribution < -0.4 is 4.74 Å². The molecule has 2 fully saturated rings. The number of carboxylic acids is 1. The third-order valence-corrected chi connectivity index (χ3v) is 9.98. The molecule has 2 heterocycles. The fourth-order valence-electron chi connectivity index (χ4n) is 7.05. The van der Waals surface area contributed by atoms with Gasteiger partial charge in [0.15, 0.2) is 0 Å². The van der Waals surface area contributed by atoms with Gasteiger partial charge in [-0.25, -0.2) is 9.78 Å². The number of aliphatic hydroxyl groups is 2. The van der Waals surface area contributed by atoms with Crippen LogP contribution in [0.25, 0.3) is 33.5 Å². The van der Waals surface area contributed by atoms with Gasteiger partial charge in [-0.3, -0.25) is 4.79 Å². The van der Waals surface area contributed by atoms with Crippen LogP contribution in [-0.4, -0.2) is 66.9 Å². The van der Waals surface area contributed by atoms with Crippen LogP contribution in [0.2, 0.25) is 5.02 Å². The monoisotopic (exact) mass is 679 g/mol. The molecular formula is C39H38ClN3O6. The van der Waals surface area contributed by atoms with Gasteiger partial charge in [0.1, 0.15) is 18.2 Å². The van der Waals surface area contributed by atoms with Crippen LogP contribution in [0.3, 0.4) is 0 Å². The molecule has 1 aliphatic heterocycles. The number of aliphatic hydroxyl groups excluding tert-OH is 2. The third-order valence-electron chi connectivity index (χ3n) is 9.72. The third kappa shape index (κ3) is 6.92. The van der Waals surface area contributed by atoms with E-state index in [1.807, 2.05) is 66.7 Å². The summed E-state index contributed by atoms with van der Waals surface area (Å²) in [7, 11) is 0. The number of halogens is 1. The quantitative estimate of drug-likeness (QED) is 0.156. The van der Waals surface area contributed by atoms with Gasteiger partial charge in [-0.1, -0.05) is 49.1 Å². The highest BCUT2D eigenvalue weighted by atomic mass is 35.5. The maximum Gasteiger partial charge on any atom is 0.335 e. The number of imidazole rings is 1. The van der Waals surface area contributed by atoms with Gasteiger partial charge in [0.05, 0.1) is 28.8 Å². The lowest BCUT2D eigenvalue weighted by atomic mass is 9.95. The van der Waals surface area contributed by atoms with E-state index < -0.39 is 18.2 Å². The summed E-state index contributed by atoms with van der Waals surface area (Å²) in [5.41, 5.74) is 5.85. The fraction of sp³-hybridized carbons (Fsp3) is 0.308. The number of carbonyl (C=O) groups excluding carboxylic acids is 1. The Kier molecular flexibility index (Phi) is 9.40. The highest BCUT2D eigenvalue weighted by Crippen LogP contribution is 2.37. The predicted octanol–water partition coefficient (Wildman–Crippen LogP) is 7.37. The number of carbonyl (C=O) groups is 2. The number of ether oxygens (including phenoxy) is 1. The first-order valence-corrected chi connectivity index (χ1v) is 17.2. The van der Waals surface area contributed by atoms with Crippen molar-refractivity contribution in [1.29, 1.82) is 0 Å². The molecular weight excluding hydrogens is 642 g/mol. The van der Waals surface area contributed by atoms with E-state index in [4.69, 9.17) is 21.3 Å². The zero-order valence-electron chi connectivity index (χ0n) is 27.0. The van der Waals surface area contributed by atoms with Crippen molar-refractivity contribution in [2.45, 2.75) is 63.4 Å². The number of hydrogen-bond acceptors (Lipinski definition) is 6. The summed E-state index contributed by atoms with van der Waals surface area (Å²) in [5, 5.41) is 30.3. The van der Waals surface area contributed by atoms with E-state index in [1.165, 1.54) is 6.42 Å². The summed E-state index contributed by atoms with van der Waals surface area (Å²) in [6.07, 6.45) is 4.14. The van der Waals surface area contributed by atoms with Crippen molar-refractivity contribution in [2.24, 2.45) is 0 Å². The molecule has 4 aromatic carbocycles. The molecule has 1 aromatic heterocycles. The Hall–Kier alpha value is -4.70. The number of aromatic carboxylic acids is 1. The molecule has 7 rings (SSSR count). The normalized spacial score (nSPS) is 18.5. The van der Waals surface area contributed by atoms with Gasteiger partial charge < -0.3 is 29.5 Å². The van der Waals surface area contributed by atoms with Crippen LogP contribution in [0.1, 0.15) is 70.8 Å². The van der Waals surface area contributed by atoms with Gasteiger partial charge in [0.25, 0.3) is 5.91 Å². The number of nitrogens with zero attached hydrogens (tertiary/aromatic N) is 3. The first-order chi connectivity index (χ1) is 23.7. The molecule has 10 heteroatoms. The molecule has 0 spiro atoms. The summed E-state index contributed by atoms with van der Waals surface area (Å²) >= 11 is 6.17. The second kappa shape index (κ2) is 14.0. The van der Waals surface area contributed by atoms with Crippen LogP contribution >= 0.6 is 11.6 Å². The van der Waals surface area contributed by atoms with Crippen molar-refractivity contribution < 1.29 is 29.6 Å².